The summed E-state index contributed by atoms with van der Waals surface area (Å²) >= 11 is 0. The van der Waals surface area contributed by atoms with Crippen LogP contribution in [0.1, 0.15) is 22.9 Å². The van der Waals surface area contributed by atoms with E-state index >= 15 is 0 Å². The fourth-order valence-corrected chi connectivity index (χ4v) is 5.79. The van der Waals surface area contributed by atoms with E-state index in [-0.39, 0.29) is 6.17 Å². The van der Waals surface area contributed by atoms with Gasteiger partial charge in [-0.2, -0.15) is 0 Å². The van der Waals surface area contributed by atoms with Crippen LogP contribution in [0.4, 0.5) is 5.69 Å². The molecule has 1 aliphatic heterocycles. The average molecular weight is 501 g/mol. The standard InChI is InChI=1S/C36H24N2O/c1-2-10-24(11-3-1)35-29-15-6-7-16-31(29)37-36(38-35)27-13-8-12-25(21-27)26-18-19-32-30(22-26)34-28-14-5-4-9-23(28)17-20-33(34)39-32/h1-22,36-37H. The molecule has 1 aromatic heterocycles. The van der Waals surface area contributed by atoms with Crippen molar-refractivity contribution in [3.05, 3.63) is 150 Å². The van der Waals surface area contributed by atoms with Gasteiger partial charge in [0, 0.05) is 27.6 Å². The molecule has 0 bridgehead atoms. The maximum atomic E-state index is 6.23. The van der Waals surface area contributed by atoms with Crippen molar-refractivity contribution < 1.29 is 4.42 Å². The third-order valence-corrected chi connectivity index (χ3v) is 7.68. The van der Waals surface area contributed by atoms with Crippen LogP contribution in [0.15, 0.2) is 143 Å². The minimum Gasteiger partial charge on any atom is -0.456 e. The highest BCUT2D eigenvalue weighted by atomic mass is 16.3. The quantitative estimate of drug-likeness (QED) is 0.262. The van der Waals surface area contributed by atoms with Crippen LogP contribution in [-0.4, -0.2) is 5.71 Å². The molecule has 1 unspecified atom stereocenters. The third-order valence-electron chi connectivity index (χ3n) is 7.68. The van der Waals surface area contributed by atoms with E-state index in [1.165, 1.54) is 16.2 Å². The van der Waals surface area contributed by atoms with E-state index in [0.29, 0.717) is 0 Å². The minimum atomic E-state index is -0.183. The van der Waals surface area contributed by atoms with E-state index < -0.39 is 0 Å². The van der Waals surface area contributed by atoms with Gasteiger partial charge >= 0.3 is 0 Å². The van der Waals surface area contributed by atoms with Gasteiger partial charge in [0.05, 0.1) is 5.71 Å². The number of hydrogen-bond donors (Lipinski definition) is 1. The second-order valence-corrected chi connectivity index (χ2v) is 10.0. The predicted molar refractivity (Wildman–Crippen MR) is 162 cm³/mol. The van der Waals surface area contributed by atoms with Crippen molar-refractivity contribution in [2.45, 2.75) is 6.17 Å². The molecular formula is C36H24N2O. The number of para-hydroxylation sites is 1. The molecule has 6 aromatic carbocycles. The maximum absolute atomic E-state index is 6.23. The molecule has 1 aliphatic rings. The summed E-state index contributed by atoms with van der Waals surface area (Å²) in [5.74, 6) is 0. The summed E-state index contributed by atoms with van der Waals surface area (Å²) in [7, 11) is 0. The topological polar surface area (TPSA) is 37.5 Å². The Bertz CT molecular complexity index is 2050. The van der Waals surface area contributed by atoms with Crippen LogP contribution in [0, 0.1) is 0 Å². The first-order valence-corrected chi connectivity index (χ1v) is 13.3. The molecule has 0 aliphatic carbocycles. The molecule has 0 fully saturated rings. The molecule has 0 spiro atoms. The van der Waals surface area contributed by atoms with Gasteiger partial charge < -0.3 is 9.73 Å². The van der Waals surface area contributed by atoms with E-state index in [4.69, 9.17) is 9.41 Å². The molecule has 2 heterocycles. The van der Waals surface area contributed by atoms with Gasteiger partial charge in [-0.25, -0.2) is 0 Å². The number of anilines is 1. The molecule has 3 heteroatoms. The summed E-state index contributed by atoms with van der Waals surface area (Å²) in [4.78, 5) is 5.21. The van der Waals surface area contributed by atoms with Crippen molar-refractivity contribution in [1.29, 1.82) is 0 Å². The van der Waals surface area contributed by atoms with Crippen molar-refractivity contribution in [2.75, 3.05) is 5.32 Å². The number of furan rings is 1. The Kier molecular flexibility index (Phi) is 4.89. The molecule has 0 saturated heterocycles. The number of aliphatic imine (C=N–C) groups is 1. The molecule has 7 aromatic rings. The highest BCUT2D eigenvalue weighted by Crippen LogP contribution is 2.38. The van der Waals surface area contributed by atoms with E-state index in [2.05, 4.69) is 133 Å². The van der Waals surface area contributed by atoms with Gasteiger partial charge in [0.25, 0.3) is 0 Å². The molecule has 0 radical (unpaired) electrons. The van der Waals surface area contributed by atoms with E-state index in [1.54, 1.807) is 0 Å². The first kappa shape index (κ1) is 21.9. The van der Waals surface area contributed by atoms with Crippen molar-refractivity contribution in [1.82, 2.24) is 0 Å². The molecule has 8 rings (SSSR count). The lowest BCUT2D eigenvalue weighted by Crippen LogP contribution is -2.20. The van der Waals surface area contributed by atoms with Crippen LogP contribution in [0.25, 0.3) is 43.8 Å². The zero-order valence-corrected chi connectivity index (χ0v) is 21.1. The lowest BCUT2D eigenvalue weighted by atomic mass is 9.96. The smallest absolute Gasteiger partial charge is 0.145 e. The Morgan fingerprint density at radius 1 is 0.564 bits per heavy atom. The van der Waals surface area contributed by atoms with Crippen molar-refractivity contribution in [2.24, 2.45) is 4.99 Å². The Balaban J connectivity index is 1.24. The zero-order chi connectivity index (χ0) is 25.8. The van der Waals surface area contributed by atoms with Crippen molar-refractivity contribution in [3.8, 4) is 11.1 Å². The summed E-state index contributed by atoms with van der Waals surface area (Å²) in [5, 5.41) is 8.40. The van der Waals surface area contributed by atoms with Crippen molar-refractivity contribution >= 4 is 44.1 Å². The molecule has 0 amide bonds. The van der Waals surface area contributed by atoms with Gasteiger partial charge in [-0.15, -0.1) is 0 Å². The van der Waals surface area contributed by atoms with Crippen LogP contribution < -0.4 is 5.32 Å². The van der Waals surface area contributed by atoms with Crippen LogP contribution in [0.3, 0.4) is 0 Å². The molecule has 1 atom stereocenters. The summed E-state index contributed by atoms with van der Waals surface area (Å²) in [6.07, 6.45) is -0.183. The second-order valence-electron chi connectivity index (χ2n) is 10.0. The monoisotopic (exact) mass is 500 g/mol. The van der Waals surface area contributed by atoms with E-state index in [9.17, 15) is 0 Å². The largest absolute Gasteiger partial charge is 0.456 e. The Morgan fingerprint density at radius 2 is 1.33 bits per heavy atom. The van der Waals surface area contributed by atoms with E-state index in [0.717, 1.165) is 55.8 Å². The molecule has 0 saturated carbocycles. The SMILES string of the molecule is c1ccc(C2=NC(c3cccc(-c4ccc5oc6ccc7ccccc7c6c5c4)c3)Nc3ccccc32)cc1. The molecule has 184 valence electrons. The summed E-state index contributed by atoms with van der Waals surface area (Å²) < 4.78 is 6.23. The van der Waals surface area contributed by atoms with Gasteiger partial charge in [-0.3, -0.25) is 4.99 Å². The van der Waals surface area contributed by atoms with Gasteiger partial charge in [-0.05, 0) is 57.8 Å². The zero-order valence-electron chi connectivity index (χ0n) is 21.1. The highest BCUT2D eigenvalue weighted by Gasteiger charge is 2.22. The summed E-state index contributed by atoms with van der Waals surface area (Å²) in [5.41, 5.74) is 9.62. The van der Waals surface area contributed by atoms with Crippen LogP contribution in [-0.2, 0) is 0 Å². The third kappa shape index (κ3) is 3.63. The highest BCUT2D eigenvalue weighted by molar-refractivity contribution is 6.19. The lowest BCUT2D eigenvalue weighted by Gasteiger charge is -2.26. The first-order chi connectivity index (χ1) is 19.3. The van der Waals surface area contributed by atoms with Gasteiger partial charge in [0.15, 0.2) is 0 Å². The summed E-state index contributed by atoms with van der Waals surface area (Å²) in [6, 6.07) is 46.7. The Labute approximate surface area is 226 Å². The number of hydrogen-bond acceptors (Lipinski definition) is 3. The molecule has 1 N–H and O–H groups in total. The number of rotatable bonds is 3. The fraction of sp³-hybridized carbons (Fsp3) is 0.0278. The van der Waals surface area contributed by atoms with Crippen LogP contribution >= 0.6 is 0 Å². The van der Waals surface area contributed by atoms with Gasteiger partial charge in [0.1, 0.15) is 17.3 Å². The normalized spacial score (nSPS) is 14.8. The molecular weight excluding hydrogens is 476 g/mol. The number of nitrogens with zero attached hydrogens (tertiary/aromatic N) is 1. The van der Waals surface area contributed by atoms with E-state index in [1.807, 2.05) is 6.07 Å². The first-order valence-electron chi connectivity index (χ1n) is 13.3. The van der Waals surface area contributed by atoms with Crippen LogP contribution in [0.5, 0.6) is 0 Å². The Hall–Kier alpha value is -5.15. The predicted octanol–water partition coefficient (Wildman–Crippen LogP) is 9.37. The van der Waals surface area contributed by atoms with Crippen molar-refractivity contribution in [3.63, 3.8) is 0 Å². The number of benzene rings is 6. The second kappa shape index (κ2) is 8.71. The summed E-state index contributed by atoms with van der Waals surface area (Å²) in [6.45, 7) is 0. The Morgan fingerprint density at radius 3 is 2.28 bits per heavy atom. The number of fused-ring (bicyclic) bond motifs is 6. The van der Waals surface area contributed by atoms with Gasteiger partial charge in [-0.1, -0.05) is 103 Å². The van der Waals surface area contributed by atoms with Gasteiger partial charge in [0.2, 0.25) is 0 Å². The average Bonchev–Trinajstić information content (AvgIpc) is 3.39. The lowest BCUT2D eigenvalue weighted by molar-refractivity contribution is 0.669. The minimum absolute atomic E-state index is 0.183. The molecule has 39 heavy (non-hydrogen) atoms. The van der Waals surface area contributed by atoms with Crippen LogP contribution in [0.2, 0.25) is 0 Å². The number of nitrogens with one attached hydrogen (secondary N) is 1. The fourth-order valence-electron chi connectivity index (χ4n) is 5.79. The molecule has 3 nitrogen and oxygen atoms in total. The maximum Gasteiger partial charge on any atom is 0.145 e.